The Morgan fingerprint density at radius 2 is 0.679 bits per heavy atom. The molecule has 10 aromatic rings. The van der Waals surface area contributed by atoms with E-state index in [1.807, 2.05) is 6.07 Å². The number of para-hydroxylation sites is 1. The zero-order valence-electron chi connectivity index (χ0n) is 30.6. The van der Waals surface area contributed by atoms with Crippen molar-refractivity contribution in [3.63, 3.8) is 0 Å². The number of rotatable bonds is 8. The summed E-state index contributed by atoms with van der Waals surface area (Å²) in [6, 6.07) is 73.5. The Labute approximate surface area is 326 Å². The largest absolute Gasteiger partial charge is 0.311 e. The van der Waals surface area contributed by atoms with E-state index in [1.54, 1.807) is 12.4 Å². The summed E-state index contributed by atoms with van der Waals surface area (Å²) in [5, 5.41) is 2.36. The molecular formula is C52H36N4. The zero-order valence-corrected chi connectivity index (χ0v) is 30.6. The summed E-state index contributed by atoms with van der Waals surface area (Å²) in [5.74, 6) is 0.673. The number of benzene rings is 8. The van der Waals surface area contributed by atoms with Gasteiger partial charge in [-0.3, -0.25) is 4.57 Å². The molecule has 8 aromatic carbocycles. The highest BCUT2D eigenvalue weighted by molar-refractivity contribution is 6.10. The highest BCUT2D eigenvalue weighted by Crippen LogP contribution is 2.39. The van der Waals surface area contributed by atoms with E-state index in [0.29, 0.717) is 5.95 Å². The first-order valence-corrected chi connectivity index (χ1v) is 18.9. The molecule has 0 amide bonds. The van der Waals surface area contributed by atoms with Crippen molar-refractivity contribution in [3.8, 4) is 50.5 Å². The van der Waals surface area contributed by atoms with Gasteiger partial charge in [0, 0.05) is 40.2 Å². The normalized spacial score (nSPS) is 11.2. The minimum absolute atomic E-state index is 0.673. The summed E-state index contributed by atoms with van der Waals surface area (Å²) in [6.45, 7) is 0. The fourth-order valence-corrected chi connectivity index (χ4v) is 7.75. The summed E-state index contributed by atoms with van der Waals surface area (Å²) in [4.78, 5) is 11.5. The van der Waals surface area contributed by atoms with Crippen LogP contribution in [-0.2, 0) is 0 Å². The fourth-order valence-electron chi connectivity index (χ4n) is 7.75. The highest BCUT2D eigenvalue weighted by Gasteiger charge is 2.16. The second-order valence-corrected chi connectivity index (χ2v) is 13.9. The predicted molar refractivity (Wildman–Crippen MR) is 233 cm³/mol. The summed E-state index contributed by atoms with van der Waals surface area (Å²) < 4.78 is 2.14. The third-order valence-corrected chi connectivity index (χ3v) is 10.6. The van der Waals surface area contributed by atoms with Crippen LogP contribution < -0.4 is 4.90 Å². The molecule has 2 heterocycles. The molecule has 0 N–H and O–H groups in total. The maximum absolute atomic E-state index is 4.56. The molecule has 0 radical (unpaired) electrons. The molecule has 264 valence electrons. The van der Waals surface area contributed by atoms with Crippen LogP contribution in [0, 0.1) is 0 Å². The average molecular weight is 717 g/mol. The Balaban J connectivity index is 0.959. The van der Waals surface area contributed by atoms with E-state index in [0.717, 1.165) is 28.1 Å². The Morgan fingerprint density at radius 3 is 1.18 bits per heavy atom. The van der Waals surface area contributed by atoms with Gasteiger partial charge in [-0.1, -0.05) is 146 Å². The van der Waals surface area contributed by atoms with Crippen LogP contribution in [0.15, 0.2) is 219 Å². The third kappa shape index (κ3) is 6.19. The highest BCUT2D eigenvalue weighted by atomic mass is 15.2. The van der Waals surface area contributed by atoms with E-state index in [4.69, 9.17) is 0 Å². The molecule has 2 aromatic heterocycles. The van der Waals surface area contributed by atoms with Crippen molar-refractivity contribution in [1.82, 2.24) is 14.5 Å². The first-order chi connectivity index (χ1) is 27.8. The number of hydrogen-bond acceptors (Lipinski definition) is 3. The van der Waals surface area contributed by atoms with Gasteiger partial charge >= 0.3 is 0 Å². The van der Waals surface area contributed by atoms with Crippen LogP contribution in [0.4, 0.5) is 17.1 Å². The molecule has 10 rings (SSSR count). The van der Waals surface area contributed by atoms with E-state index in [9.17, 15) is 0 Å². The molecule has 0 fully saturated rings. The molecule has 0 saturated carbocycles. The number of fused-ring (bicyclic) bond motifs is 3. The standard InChI is InChI=1S/C52H36N4/c1-3-10-37(11-4-1)40-20-27-45(28-21-40)55(46-29-22-41(23-30-46)38-12-5-2-6-13-38)47-31-24-42(25-32-47)39-16-18-43(19-17-39)44-26-33-51-49(36-44)48-14-7-8-15-50(48)56(51)52-53-34-9-35-54-52/h1-36H. The van der Waals surface area contributed by atoms with Crippen molar-refractivity contribution in [2.24, 2.45) is 0 Å². The SMILES string of the molecule is c1ccc(-c2ccc(N(c3ccc(-c4ccccc4)cc3)c3ccc(-c4ccc(-c5ccc6c(c5)c5ccccc5n6-c5ncccn5)cc4)cc3)cc2)cc1. The molecule has 0 aliphatic heterocycles. The van der Waals surface area contributed by atoms with Gasteiger partial charge in [0.15, 0.2) is 0 Å². The smallest absolute Gasteiger partial charge is 0.234 e. The molecule has 0 aliphatic carbocycles. The fraction of sp³-hybridized carbons (Fsp3) is 0. The van der Waals surface area contributed by atoms with Gasteiger partial charge in [0.25, 0.3) is 0 Å². The van der Waals surface area contributed by atoms with E-state index < -0.39 is 0 Å². The Kier molecular flexibility index (Phi) is 8.47. The topological polar surface area (TPSA) is 34.0 Å². The van der Waals surface area contributed by atoms with Crippen molar-refractivity contribution < 1.29 is 0 Å². The lowest BCUT2D eigenvalue weighted by atomic mass is 9.98. The number of hydrogen-bond donors (Lipinski definition) is 0. The average Bonchev–Trinajstić information content (AvgIpc) is 3.62. The molecule has 0 unspecified atom stereocenters. The van der Waals surface area contributed by atoms with Crippen LogP contribution in [0.5, 0.6) is 0 Å². The Hall–Kier alpha value is -7.56. The van der Waals surface area contributed by atoms with Gasteiger partial charge in [0.05, 0.1) is 11.0 Å². The van der Waals surface area contributed by atoms with Gasteiger partial charge in [-0.05, 0) is 105 Å². The molecule has 0 atom stereocenters. The molecule has 0 bridgehead atoms. The molecule has 4 heteroatoms. The summed E-state index contributed by atoms with van der Waals surface area (Å²) in [7, 11) is 0. The lowest BCUT2D eigenvalue weighted by Gasteiger charge is -2.26. The zero-order chi connectivity index (χ0) is 37.3. The van der Waals surface area contributed by atoms with Gasteiger partial charge in [-0.2, -0.15) is 0 Å². The van der Waals surface area contributed by atoms with E-state index in [1.165, 1.54) is 55.3 Å². The summed E-state index contributed by atoms with van der Waals surface area (Å²) in [6.07, 6.45) is 3.58. The van der Waals surface area contributed by atoms with Crippen molar-refractivity contribution in [3.05, 3.63) is 219 Å². The molecule has 4 nitrogen and oxygen atoms in total. The van der Waals surface area contributed by atoms with E-state index in [-0.39, 0.29) is 0 Å². The van der Waals surface area contributed by atoms with Crippen LogP contribution in [0.25, 0.3) is 72.3 Å². The molecule has 0 saturated heterocycles. The minimum atomic E-state index is 0.673. The van der Waals surface area contributed by atoms with Crippen molar-refractivity contribution in [2.45, 2.75) is 0 Å². The first-order valence-electron chi connectivity index (χ1n) is 18.9. The maximum Gasteiger partial charge on any atom is 0.234 e. The van der Waals surface area contributed by atoms with Crippen LogP contribution in [0.3, 0.4) is 0 Å². The predicted octanol–water partition coefficient (Wildman–Crippen LogP) is 13.7. The van der Waals surface area contributed by atoms with Crippen molar-refractivity contribution in [2.75, 3.05) is 4.90 Å². The molecule has 56 heavy (non-hydrogen) atoms. The Morgan fingerprint density at radius 1 is 0.304 bits per heavy atom. The second-order valence-electron chi connectivity index (χ2n) is 13.9. The molecule has 0 spiro atoms. The minimum Gasteiger partial charge on any atom is -0.311 e. The lowest BCUT2D eigenvalue weighted by molar-refractivity contribution is 0.988. The van der Waals surface area contributed by atoms with E-state index >= 15 is 0 Å². The van der Waals surface area contributed by atoms with Crippen LogP contribution in [0.2, 0.25) is 0 Å². The Bertz CT molecular complexity index is 2820. The van der Waals surface area contributed by atoms with Crippen LogP contribution in [0.1, 0.15) is 0 Å². The molecular weight excluding hydrogens is 681 g/mol. The van der Waals surface area contributed by atoms with Crippen LogP contribution in [-0.4, -0.2) is 14.5 Å². The van der Waals surface area contributed by atoms with Gasteiger partial charge < -0.3 is 4.90 Å². The lowest BCUT2D eigenvalue weighted by Crippen LogP contribution is -2.09. The third-order valence-electron chi connectivity index (χ3n) is 10.6. The van der Waals surface area contributed by atoms with Crippen molar-refractivity contribution >= 4 is 38.9 Å². The number of nitrogens with zero attached hydrogens (tertiary/aromatic N) is 4. The summed E-state index contributed by atoms with van der Waals surface area (Å²) in [5.41, 5.74) is 15.0. The first kappa shape index (κ1) is 33.0. The van der Waals surface area contributed by atoms with Gasteiger partial charge in [0.2, 0.25) is 5.95 Å². The van der Waals surface area contributed by atoms with Gasteiger partial charge in [0.1, 0.15) is 0 Å². The number of aromatic nitrogens is 3. The number of anilines is 3. The van der Waals surface area contributed by atoms with Gasteiger partial charge in [-0.25, -0.2) is 9.97 Å². The monoisotopic (exact) mass is 716 g/mol. The maximum atomic E-state index is 4.56. The van der Waals surface area contributed by atoms with Gasteiger partial charge in [-0.15, -0.1) is 0 Å². The second kappa shape index (κ2) is 14.3. The quantitative estimate of drug-likeness (QED) is 0.157. The summed E-state index contributed by atoms with van der Waals surface area (Å²) >= 11 is 0. The van der Waals surface area contributed by atoms with Crippen LogP contribution >= 0.6 is 0 Å². The van der Waals surface area contributed by atoms with Crippen molar-refractivity contribution in [1.29, 1.82) is 0 Å². The van der Waals surface area contributed by atoms with E-state index in [2.05, 4.69) is 220 Å². The molecule has 0 aliphatic rings.